The summed E-state index contributed by atoms with van der Waals surface area (Å²) in [6, 6.07) is 10.7. The van der Waals surface area contributed by atoms with E-state index in [2.05, 4.69) is 10.9 Å². The second kappa shape index (κ2) is 7.53. The minimum Gasteiger partial charge on any atom is -0.443 e. The Morgan fingerprint density at radius 2 is 1.60 bits per heavy atom. The number of amides is 2. The van der Waals surface area contributed by atoms with Gasteiger partial charge < -0.3 is 4.74 Å². The molecular formula is C18H18ClFN2O3. The summed E-state index contributed by atoms with van der Waals surface area (Å²) in [4.78, 5) is 23.8. The largest absolute Gasteiger partial charge is 0.443 e. The fourth-order valence-corrected chi connectivity index (χ4v) is 2.20. The maximum absolute atomic E-state index is 13.0. The Labute approximate surface area is 150 Å². The average molecular weight is 365 g/mol. The third kappa shape index (κ3) is 5.46. The molecule has 0 aromatic heterocycles. The molecule has 0 aliphatic carbocycles. The maximum atomic E-state index is 13.0. The first-order valence-electron chi connectivity index (χ1n) is 7.50. The molecule has 2 N–H and O–H groups in total. The molecule has 0 fully saturated rings. The maximum Gasteiger partial charge on any atom is 0.426 e. The summed E-state index contributed by atoms with van der Waals surface area (Å²) in [6.45, 7) is 5.12. The molecule has 7 heteroatoms. The highest BCUT2D eigenvalue weighted by molar-refractivity contribution is 6.34. The fourth-order valence-electron chi connectivity index (χ4n) is 2.00. The molecule has 132 valence electrons. The van der Waals surface area contributed by atoms with Gasteiger partial charge in [-0.1, -0.05) is 29.8 Å². The lowest BCUT2D eigenvalue weighted by Crippen LogP contribution is -2.44. The molecule has 0 bridgehead atoms. The minimum absolute atomic E-state index is 0.166. The number of ether oxygens (including phenoxy) is 1. The predicted molar refractivity (Wildman–Crippen MR) is 93.7 cm³/mol. The lowest BCUT2D eigenvalue weighted by Gasteiger charge is -2.19. The molecule has 0 unspecified atom stereocenters. The quantitative estimate of drug-likeness (QED) is 0.780. The first-order chi connectivity index (χ1) is 11.7. The minimum atomic E-state index is -0.785. The number of benzene rings is 2. The highest BCUT2D eigenvalue weighted by Crippen LogP contribution is 2.25. The summed E-state index contributed by atoms with van der Waals surface area (Å²) in [5.74, 6) is -0.947. The van der Waals surface area contributed by atoms with Gasteiger partial charge in [-0.05, 0) is 56.2 Å². The van der Waals surface area contributed by atoms with Crippen LogP contribution in [0.3, 0.4) is 0 Å². The van der Waals surface area contributed by atoms with E-state index in [4.69, 9.17) is 16.3 Å². The van der Waals surface area contributed by atoms with E-state index in [1.165, 1.54) is 12.1 Å². The van der Waals surface area contributed by atoms with Gasteiger partial charge >= 0.3 is 6.09 Å². The number of hydrogen-bond donors (Lipinski definition) is 2. The van der Waals surface area contributed by atoms with E-state index < -0.39 is 17.6 Å². The van der Waals surface area contributed by atoms with Gasteiger partial charge in [-0.15, -0.1) is 0 Å². The van der Waals surface area contributed by atoms with Crippen molar-refractivity contribution >= 4 is 23.6 Å². The lowest BCUT2D eigenvalue weighted by atomic mass is 10.0. The Bertz CT molecular complexity index is 786. The molecule has 2 rings (SSSR count). The summed E-state index contributed by atoms with van der Waals surface area (Å²) < 4.78 is 18.1. The highest BCUT2D eigenvalue weighted by atomic mass is 35.5. The number of hydrogen-bond acceptors (Lipinski definition) is 3. The van der Waals surface area contributed by atoms with E-state index >= 15 is 0 Å². The van der Waals surface area contributed by atoms with Crippen molar-refractivity contribution in [3.05, 3.63) is 58.9 Å². The van der Waals surface area contributed by atoms with Crippen molar-refractivity contribution in [1.82, 2.24) is 10.9 Å². The Morgan fingerprint density at radius 1 is 1.00 bits per heavy atom. The number of halogens is 2. The number of nitrogens with one attached hydrogen (secondary N) is 2. The Morgan fingerprint density at radius 3 is 2.20 bits per heavy atom. The van der Waals surface area contributed by atoms with Gasteiger partial charge in [-0.2, -0.15) is 0 Å². The topological polar surface area (TPSA) is 67.4 Å². The van der Waals surface area contributed by atoms with Crippen LogP contribution < -0.4 is 10.9 Å². The van der Waals surface area contributed by atoms with Crippen LogP contribution in [0.15, 0.2) is 42.5 Å². The third-order valence-corrected chi connectivity index (χ3v) is 3.40. The summed E-state index contributed by atoms with van der Waals surface area (Å²) >= 11 is 6.06. The molecule has 0 spiro atoms. The van der Waals surface area contributed by atoms with Gasteiger partial charge in [0.25, 0.3) is 5.91 Å². The molecule has 0 aliphatic rings. The van der Waals surface area contributed by atoms with E-state index in [9.17, 15) is 14.0 Å². The normalized spacial score (nSPS) is 10.9. The van der Waals surface area contributed by atoms with Crippen LogP contribution in [0, 0.1) is 5.82 Å². The van der Waals surface area contributed by atoms with Gasteiger partial charge in [-0.25, -0.2) is 14.6 Å². The number of carbonyl (C=O) groups excluding carboxylic acids is 2. The van der Waals surface area contributed by atoms with E-state index in [1.807, 2.05) is 0 Å². The first kappa shape index (κ1) is 18.7. The summed E-state index contributed by atoms with van der Waals surface area (Å²) in [7, 11) is 0. The van der Waals surface area contributed by atoms with Crippen molar-refractivity contribution in [2.45, 2.75) is 26.4 Å². The number of hydrazine groups is 1. The molecule has 2 amide bonds. The van der Waals surface area contributed by atoms with Crippen molar-refractivity contribution in [2.24, 2.45) is 0 Å². The first-order valence-corrected chi connectivity index (χ1v) is 7.88. The predicted octanol–water partition coefficient (Wildman–Crippen LogP) is 4.32. The van der Waals surface area contributed by atoms with Crippen LogP contribution in [0.2, 0.25) is 5.02 Å². The van der Waals surface area contributed by atoms with Crippen LogP contribution >= 0.6 is 11.6 Å². The zero-order valence-electron chi connectivity index (χ0n) is 14.0. The molecule has 0 radical (unpaired) electrons. The van der Waals surface area contributed by atoms with Crippen LogP contribution in [0.5, 0.6) is 0 Å². The zero-order valence-corrected chi connectivity index (χ0v) is 14.8. The highest BCUT2D eigenvalue weighted by Gasteiger charge is 2.18. The summed E-state index contributed by atoms with van der Waals surface area (Å²) in [5.41, 5.74) is 5.30. The molecule has 2 aromatic carbocycles. The Balaban J connectivity index is 2.13. The molecule has 0 aliphatic heterocycles. The Hall–Kier alpha value is -2.60. The molecule has 0 saturated heterocycles. The standard InChI is InChI=1S/C18H18ClFN2O3/c1-18(2,3)25-17(24)22-21-16(23)14-10-12(6-9-15(14)19)11-4-7-13(20)8-5-11/h4-10H,1-3H3,(H,21,23)(H,22,24). The van der Waals surface area contributed by atoms with Crippen LogP contribution in [0.1, 0.15) is 31.1 Å². The van der Waals surface area contributed by atoms with Gasteiger partial charge in [0.15, 0.2) is 0 Å². The molecular weight excluding hydrogens is 347 g/mol. The zero-order chi connectivity index (χ0) is 18.6. The molecule has 0 saturated carbocycles. The SMILES string of the molecule is CC(C)(C)OC(=O)NNC(=O)c1cc(-c2ccc(F)cc2)ccc1Cl. The van der Waals surface area contributed by atoms with E-state index in [-0.39, 0.29) is 16.4 Å². The fraction of sp³-hybridized carbons (Fsp3) is 0.222. The number of rotatable bonds is 2. The van der Waals surface area contributed by atoms with Crippen LogP contribution in [0.25, 0.3) is 11.1 Å². The lowest BCUT2D eigenvalue weighted by molar-refractivity contribution is 0.0483. The van der Waals surface area contributed by atoms with Gasteiger partial charge in [0.1, 0.15) is 11.4 Å². The average Bonchev–Trinajstić information content (AvgIpc) is 2.52. The van der Waals surface area contributed by atoms with Crippen LogP contribution in [-0.2, 0) is 4.74 Å². The van der Waals surface area contributed by atoms with Crippen molar-refractivity contribution < 1.29 is 18.7 Å². The third-order valence-electron chi connectivity index (χ3n) is 3.07. The summed E-state index contributed by atoms with van der Waals surface area (Å²) in [6.07, 6.45) is -0.785. The van der Waals surface area contributed by atoms with Crippen molar-refractivity contribution in [2.75, 3.05) is 0 Å². The van der Waals surface area contributed by atoms with Gasteiger partial charge in [0.05, 0.1) is 10.6 Å². The number of carbonyl (C=O) groups is 2. The second-order valence-electron chi connectivity index (χ2n) is 6.28. The van der Waals surface area contributed by atoms with Crippen LogP contribution in [0.4, 0.5) is 9.18 Å². The van der Waals surface area contributed by atoms with Crippen molar-refractivity contribution in [1.29, 1.82) is 0 Å². The van der Waals surface area contributed by atoms with E-state index in [0.29, 0.717) is 5.56 Å². The van der Waals surface area contributed by atoms with Gasteiger partial charge in [0.2, 0.25) is 0 Å². The molecule has 25 heavy (non-hydrogen) atoms. The smallest absolute Gasteiger partial charge is 0.426 e. The molecule has 0 atom stereocenters. The Kier molecular flexibility index (Phi) is 5.64. The summed E-state index contributed by atoms with van der Waals surface area (Å²) in [5, 5.41) is 0.217. The van der Waals surface area contributed by atoms with E-state index in [1.54, 1.807) is 51.1 Å². The van der Waals surface area contributed by atoms with Gasteiger partial charge in [0, 0.05) is 0 Å². The monoisotopic (exact) mass is 364 g/mol. The van der Waals surface area contributed by atoms with E-state index in [0.717, 1.165) is 5.56 Å². The van der Waals surface area contributed by atoms with Crippen LogP contribution in [-0.4, -0.2) is 17.6 Å². The molecule has 2 aromatic rings. The second-order valence-corrected chi connectivity index (χ2v) is 6.69. The molecule has 5 nitrogen and oxygen atoms in total. The van der Waals surface area contributed by atoms with Crippen molar-refractivity contribution in [3.63, 3.8) is 0 Å². The molecule has 0 heterocycles. The van der Waals surface area contributed by atoms with Gasteiger partial charge in [-0.3, -0.25) is 10.2 Å². The van der Waals surface area contributed by atoms with Crippen molar-refractivity contribution in [3.8, 4) is 11.1 Å².